The van der Waals surface area contributed by atoms with E-state index in [1.54, 1.807) is 4.68 Å². The Morgan fingerprint density at radius 3 is 2.67 bits per heavy atom. The molecule has 1 aliphatic rings. The van der Waals surface area contributed by atoms with Gasteiger partial charge in [-0.3, -0.25) is 4.79 Å². The number of hydrogen-bond acceptors (Lipinski definition) is 5. The van der Waals surface area contributed by atoms with Crippen LogP contribution in [0.5, 0.6) is 0 Å². The van der Waals surface area contributed by atoms with Crippen molar-refractivity contribution >= 4 is 17.7 Å². The van der Waals surface area contributed by atoms with Gasteiger partial charge in [-0.1, -0.05) is 42.1 Å². The van der Waals surface area contributed by atoms with Gasteiger partial charge in [-0.2, -0.15) is 0 Å². The quantitative estimate of drug-likeness (QED) is 0.815. The minimum atomic E-state index is -0.205. The van der Waals surface area contributed by atoms with Crippen LogP contribution in [0.4, 0.5) is 0 Å². The summed E-state index contributed by atoms with van der Waals surface area (Å²) in [4.78, 5) is 12.4. The second kappa shape index (κ2) is 6.93. The van der Waals surface area contributed by atoms with Gasteiger partial charge >= 0.3 is 0 Å². The highest BCUT2D eigenvalue weighted by Crippen LogP contribution is 2.41. The van der Waals surface area contributed by atoms with E-state index in [9.17, 15) is 4.79 Å². The number of hydrogen-bond donors (Lipinski definition) is 1. The van der Waals surface area contributed by atoms with Gasteiger partial charge in [-0.15, -0.1) is 5.10 Å². The maximum atomic E-state index is 12.4. The maximum Gasteiger partial charge on any atom is 0.230 e. The van der Waals surface area contributed by atoms with Crippen LogP contribution < -0.4 is 5.32 Å². The third-order valence-corrected chi connectivity index (χ3v) is 4.90. The highest BCUT2D eigenvalue weighted by atomic mass is 32.2. The molecule has 1 unspecified atom stereocenters. The maximum absolute atomic E-state index is 12.4. The highest BCUT2D eigenvalue weighted by molar-refractivity contribution is 7.99. The van der Waals surface area contributed by atoms with Gasteiger partial charge in [-0.05, 0) is 55.5 Å². The van der Waals surface area contributed by atoms with E-state index in [0.717, 1.165) is 0 Å². The molecule has 1 aromatic carbocycles. The van der Waals surface area contributed by atoms with Crippen LogP contribution >= 0.6 is 11.8 Å². The Bertz CT molecular complexity index is 691. The normalized spacial score (nSPS) is 16.0. The van der Waals surface area contributed by atoms with Gasteiger partial charge in [0.25, 0.3) is 0 Å². The van der Waals surface area contributed by atoms with Crippen molar-refractivity contribution in [2.75, 3.05) is 5.75 Å². The Morgan fingerprint density at radius 2 is 2.04 bits per heavy atom. The molecule has 3 rings (SSSR count). The molecular weight excluding hydrogens is 322 g/mol. The minimum Gasteiger partial charge on any atom is -0.348 e. The molecule has 6 nitrogen and oxygen atoms in total. The third-order valence-electron chi connectivity index (χ3n) is 3.98. The summed E-state index contributed by atoms with van der Waals surface area (Å²) in [5.74, 6) is 0.887. The molecule has 0 radical (unpaired) electrons. The van der Waals surface area contributed by atoms with Crippen LogP contribution in [0, 0.1) is 5.92 Å². The fourth-order valence-electron chi connectivity index (χ4n) is 2.60. The predicted octanol–water partition coefficient (Wildman–Crippen LogP) is 2.79. The standard InChI is InChI=1S/C17H23N5OS/c1-17(2,3)22-16(19-20-21-22)24-11-14(23)18-15(13-9-10-13)12-7-5-4-6-8-12/h4-8,13,15H,9-11H2,1-3H3,(H,18,23). The van der Waals surface area contributed by atoms with Crippen molar-refractivity contribution in [1.29, 1.82) is 0 Å². The van der Waals surface area contributed by atoms with E-state index < -0.39 is 0 Å². The topological polar surface area (TPSA) is 72.7 Å². The zero-order chi connectivity index (χ0) is 17.2. The average molecular weight is 345 g/mol. The largest absolute Gasteiger partial charge is 0.348 e. The van der Waals surface area contributed by atoms with Crippen molar-refractivity contribution in [3.8, 4) is 0 Å². The van der Waals surface area contributed by atoms with E-state index in [1.165, 1.54) is 30.2 Å². The van der Waals surface area contributed by atoms with Crippen molar-refractivity contribution in [3.63, 3.8) is 0 Å². The number of amides is 1. The minimum absolute atomic E-state index is 0.0178. The van der Waals surface area contributed by atoms with Crippen molar-refractivity contribution in [2.45, 2.75) is 50.4 Å². The van der Waals surface area contributed by atoms with Crippen LogP contribution in [0.15, 0.2) is 35.5 Å². The fraction of sp³-hybridized carbons (Fsp3) is 0.529. The molecule has 1 fully saturated rings. The molecule has 1 saturated carbocycles. The Balaban J connectivity index is 1.60. The first-order chi connectivity index (χ1) is 11.4. The van der Waals surface area contributed by atoms with Gasteiger partial charge in [0.1, 0.15) is 0 Å². The summed E-state index contributed by atoms with van der Waals surface area (Å²) in [5.41, 5.74) is 0.973. The van der Waals surface area contributed by atoms with Crippen LogP contribution in [0.25, 0.3) is 0 Å². The third kappa shape index (κ3) is 4.14. The van der Waals surface area contributed by atoms with Crippen molar-refractivity contribution < 1.29 is 4.79 Å². The van der Waals surface area contributed by atoms with Gasteiger partial charge in [0, 0.05) is 0 Å². The molecule has 7 heteroatoms. The van der Waals surface area contributed by atoms with E-state index in [4.69, 9.17) is 0 Å². The molecule has 128 valence electrons. The lowest BCUT2D eigenvalue weighted by Crippen LogP contribution is -2.31. The fourth-order valence-corrected chi connectivity index (χ4v) is 3.47. The molecule has 0 aliphatic heterocycles. The van der Waals surface area contributed by atoms with E-state index in [0.29, 0.717) is 16.8 Å². The second-order valence-electron chi connectivity index (χ2n) is 7.13. The molecule has 1 atom stereocenters. The Hall–Kier alpha value is -1.89. The molecule has 2 aromatic rings. The van der Waals surface area contributed by atoms with Crippen LogP contribution in [0.2, 0.25) is 0 Å². The van der Waals surface area contributed by atoms with E-state index >= 15 is 0 Å². The molecule has 24 heavy (non-hydrogen) atoms. The summed E-state index contributed by atoms with van der Waals surface area (Å²) in [7, 11) is 0. The predicted molar refractivity (Wildman–Crippen MR) is 93.6 cm³/mol. The molecule has 0 bridgehead atoms. The number of benzene rings is 1. The molecule has 0 saturated heterocycles. The number of rotatable bonds is 6. The monoisotopic (exact) mass is 345 g/mol. The average Bonchev–Trinajstić information content (AvgIpc) is 3.27. The number of nitrogens with zero attached hydrogens (tertiary/aromatic N) is 4. The summed E-state index contributed by atoms with van der Waals surface area (Å²) >= 11 is 1.37. The summed E-state index contributed by atoms with van der Waals surface area (Å²) in [6.45, 7) is 6.10. The van der Waals surface area contributed by atoms with Gasteiger partial charge in [0.15, 0.2) is 0 Å². The van der Waals surface area contributed by atoms with Gasteiger partial charge < -0.3 is 5.32 Å². The highest BCUT2D eigenvalue weighted by Gasteiger charge is 2.33. The smallest absolute Gasteiger partial charge is 0.230 e. The van der Waals surface area contributed by atoms with Gasteiger partial charge in [0.05, 0.1) is 17.3 Å². The zero-order valence-electron chi connectivity index (χ0n) is 14.3. The number of carbonyl (C=O) groups excluding carboxylic acids is 1. The number of thioether (sulfide) groups is 1. The summed E-state index contributed by atoms with van der Waals surface area (Å²) in [6.07, 6.45) is 2.35. The lowest BCUT2D eigenvalue weighted by atomic mass is 10.0. The van der Waals surface area contributed by atoms with Crippen LogP contribution in [0.3, 0.4) is 0 Å². The lowest BCUT2D eigenvalue weighted by molar-refractivity contribution is -0.119. The molecule has 1 aromatic heterocycles. The number of tetrazole rings is 1. The van der Waals surface area contributed by atoms with E-state index in [1.807, 2.05) is 39.0 Å². The molecule has 1 heterocycles. The number of carbonyl (C=O) groups is 1. The van der Waals surface area contributed by atoms with Crippen LogP contribution in [0.1, 0.15) is 45.2 Å². The van der Waals surface area contributed by atoms with Crippen molar-refractivity contribution in [3.05, 3.63) is 35.9 Å². The van der Waals surface area contributed by atoms with Crippen molar-refractivity contribution in [2.24, 2.45) is 5.92 Å². The second-order valence-corrected chi connectivity index (χ2v) is 8.07. The molecule has 1 N–H and O–H groups in total. The van der Waals surface area contributed by atoms with E-state index in [2.05, 4.69) is 33.0 Å². The number of aromatic nitrogens is 4. The lowest BCUT2D eigenvalue weighted by Gasteiger charge is -2.20. The number of nitrogens with one attached hydrogen (secondary N) is 1. The van der Waals surface area contributed by atoms with Crippen LogP contribution in [-0.4, -0.2) is 31.9 Å². The first kappa shape index (κ1) is 17.0. The SMILES string of the molecule is CC(C)(C)n1nnnc1SCC(=O)NC(c1ccccc1)C1CC1. The van der Waals surface area contributed by atoms with Gasteiger partial charge in [-0.25, -0.2) is 4.68 Å². The summed E-state index contributed by atoms with van der Waals surface area (Å²) in [5, 5.41) is 15.6. The first-order valence-electron chi connectivity index (χ1n) is 8.21. The Labute approximate surface area is 146 Å². The van der Waals surface area contributed by atoms with Gasteiger partial charge in [0.2, 0.25) is 11.1 Å². The first-order valence-corrected chi connectivity index (χ1v) is 9.19. The van der Waals surface area contributed by atoms with E-state index in [-0.39, 0.29) is 17.5 Å². The zero-order valence-corrected chi connectivity index (χ0v) is 15.1. The molecule has 1 amide bonds. The molecule has 0 spiro atoms. The summed E-state index contributed by atoms with van der Waals surface area (Å²) in [6, 6.07) is 10.3. The Kier molecular flexibility index (Phi) is 4.89. The summed E-state index contributed by atoms with van der Waals surface area (Å²) < 4.78 is 1.75. The molecular formula is C17H23N5OS. The van der Waals surface area contributed by atoms with Crippen LogP contribution in [-0.2, 0) is 10.3 Å². The Morgan fingerprint density at radius 1 is 1.33 bits per heavy atom. The van der Waals surface area contributed by atoms with Crippen molar-refractivity contribution in [1.82, 2.24) is 25.5 Å². The molecule has 1 aliphatic carbocycles.